The van der Waals surface area contributed by atoms with E-state index in [0.717, 1.165) is 24.8 Å². The lowest BCUT2D eigenvalue weighted by Gasteiger charge is -2.22. The smallest absolute Gasteiger partial charge is 0.257 e. The second-order valence-electron chi connectivity index (χ2n) is 7.02. The number of ether oxygens (including phenoxy) is 2. The largest absolute Gasteiger partial charge is 0.484 e. The van der Waals surface area contributed by atoms with Crippen LogP contribution in [0.25, 0.3) is 0 Å². The van der Waals surface area contributed by atoms with Crippen LogP contribution in [-0.2, 0) is 19.6 Å². The van der Waals surface area contributed by atoms with E-state index in [9.17, 15) is 13.2 Å². The van der Waals surface area contributed by atoms with Gasteiger partial charge in [-0.2, -0.15) is 0 Å². The van der Waals surface area contributed by atoms with Crippen molar-refractivity contribution in [1.82, 2.24) is 10.0 Å². The average molecular weight is 399 g/mol. The van der Waals surface area contributed by atoms with Gasteiger partial charge in [-0.25, -0.2) is 13.1 Å². The van der Waals surface area contributed by atoms with E-state index in [-0.39, 0.29) is 37.5 Å². The predicted octanol–water partition coefficient (Wildman–Crippen LogP) is 1.79. The molecule has 0 spiro atoms. The van der Waals surface area contributed by atoms with Crippen LogP contribution in [-0.4, -0.2) is 52.5 Å². The van der Waals surface area contributed by atoms with Crippen LogP contribution in [0.3, 0.4) is 0 Å². The van der Waals surface area contributed by atoms with Crippen molar-refractivity contribution >= 4 is 15.9 Å². The first kappa shape index (κ1) is 21.7. The third-order valence-electron chi connectivity index (χ3n) is 4.39. The van der Waals surface area contributed by atoms with Crippen molar-refractivity contribution in [3.63, 3.8) is 0 Å². The molecule has 1 aliphatic heterocycles. The van der Waals surface area contributed by atoms with Crippen LogP contribution in [0.2, 0.25) is 0 Å². The van der Waals surface area contributed by atoms with Crippen molar-refractivity contribution in [2.24, 2.45) is 0 Å². The fourth-order valence-corrected chi connectivity index (χ4v) is 3.70. The first-order valence-electron chi connectivity index (χ1n) is 9.44. The van der Waals surface area contributed by atoms with Crippen LogP contribution in [0.15, 0.2) is 24.3 Å². The molecule has 27 heavy (non-hydrogen) atoms. The number of carbonyl (C=O) groups is 1. The number of hydrogen-bond acceptors (Lipinski definition) is 5. The lowest BCUT2D eigenvalue weighted by atomic mass is 10.0. The third-order valence-corrected chi connectivity index (χ3v) is 5.74. The topological polar surface area (TPSA) is 93.7 Å². The first-order chi connectivity index (χ1) is 12.9. The summed E-state index contributed by atoms with van der Waals surface area (Å²) in [7, 11) is -3.44. The molecule has 0 aromatic heterocycles. The van der Waals surface area contributed by atoms with Crippen LogP contribution < -0.4 is 14.8 Å². The lowest BCUT2D eigenvalue weighted by molar-refractivity contribution is -0.122. The van der Waals surface area contributed by atoms with Crippen LogP contribution in [0.5, 0.6) is 5.75 Å². The van der Waals surface area contributed by atoms with E-state index in [1.165, 1.54) is 0 Å². The van der Waals surface area contributed by atoms with Crippen molar-refractivity contribution in [3.05, 3.63) is 29.8 Å². The van der Waals surface area contributed by atoms with E-state index in [4.69, 9.17) is 9.47 Å². The molecule has 2 N–H and O–H groups in total. The van der Waals surface area contributed by atoms with Gasteiger partial charge in [0.15, 0.2) is 6.61 Å². The molecule has 152 valence electrons. The van der Waals surface area contributed by atoms with Crippen LogP contribution in [0.1, 0.15) is 44.6 Å². The zero-order valence-electron chi connectivity index (χ0n) is 16.1. The Balaban J connectivity index is 1.65. The average Bonchev–Trinajstić information content (AvgIpc) is 2.66. The SMILES string of the molecule is CC(C)c1cccc(OCC(=O)NCCS(=O)(=O)NCC2CCCCO2)c1. The van der Waals surface area contributed by atoms with E-state index in [1.807, 2.05) is 18.2 Å². The minimum atomic E-state index is -3.44. The predicted molar refractivity (Wildman–Crippen MR) is 104 cm³/mol. The number of rotatable bonds is 10. The van der Waals surface area contributed by atoms with Gasteiger partial charge in [0.05, 0.1) is 11.9 Å². The van der Waals surface area contributed by atoms with Crippen LogP contribution >= 0.6 is 0 Å². The highest BCUT2D eigenvalue weighted by Crippen LogP contribution is 2.19. The summed E-state index contributed by atoms with van der Waals surface area (Å²) in [6.45, 7) is 5.02. The molecule has 8 heteroatoms. The van der Waals surface area contributed by atoms with Crippen molar-refractivity contribution in [2.75, 3.05) is 32.1 Å². The van der Waals surface area contributed by atoms with Gasteiger partial charge in [-0.1, -0.05) is 26.0 Å². The Labute approximate surface area is 161 Å². The van der Waals surface area contributed by atoms with Gasteiger partial charge in [-0.3, -0.25) is 4.79 Å². The summed E-state index contributed by atoms with van der Waals surface area (Å²) in [6.07, 6.45) is 2.90. The number of amides is 1. The highest BCUT2D eigenvalue weighted by Gasteiger charge is 2.17. The summed E-state index contributed by atoms with van der Waals surface area (Å²) in [6, 6.07) is 7.59. The highest BCUT2D eigenvalue weighted by molar-refractivity contribution is 7.89. The maximum absolute atomic E-state index is 12.0. The van der Waals surface area contributed by atoms with Gasteiger partial charge in [-0.05, 0) is 42.9 Å². The zero-order chi connectivity index (χ0) is 19.7. The third kappa shape index (κ3) is 8.28. The normalized spacial score (nSPS) is 17.7. The van der Waals surface area contributed by atoms with E-state index >= 15 is 0 Å². The zero-order valence-corrected chi connectivity index (χ0v) is 16.9. The molecule has 1 aromatic rings. The van der Waals surface area contributed by atoms with E-state index in [0.29, 0.717) is 18.3 Å². The molecule has 2 rings (SSSR count). The van der Waals surface area contributed by atoms with Gasteiger partial charge >= 0.3 is 0 Å². The second kappa shape index (κ2) is 10.6. The molecule has 7 nitrogen and oxygen atoms in total. The van der Waals surface area contributed by atoms with Gasteiger partial charge in [0.1, 0.15) is 5.75 Å². The quantitative estimate of drug-likeness (QED) is 0.627. The molecule has 0 radical (unpaired) electrons. The summed E-state index contributed by atoms with van der Waals surface area (Å²) in [5.74, 6) is 0.474. The fourth-order valence-electron chi connectivity index (χ4n) is 2.75. The monoisotopic (exact) mass is 398 g/mol. The maximum atomic E-state index is 12.0. The minimum Gasteiger partial charge on any atom is -0.484 e. The minimum absolute atomic E-state index is 0.0368. The number of hydrogen-bond donors (Lipinski definition) is 2. The van der Waals surface area contributed by atoms with Crippen molar-refractivity contribution in [1.29, 1.82) is 0 Å². The number of sulfonamides is 1. The van der Waals surface area contributed by atoms with E-state index in [2.05, 4.69) is 23.9 Å². The van der Waals surface area contributed by atoms with Gasteiger partial charge < -0.3 is 14.8 Å². The molecule has 1 amide bonds. The molecule has 1 fully saturated rings. The molecule has 1 saturated heterocycles. The summed E-state index contributed by atoms with van der Waals surface area (Å²) >= 11 is 0. The number of nitrogens with one attached hydrogen (secondary N) is 2. The summed E-state index contributed by atoms with van der Waals surface area (Å²) in [4.78, 5) is 11.9. The molecular weight excluding hydrogens is 368 g/mol. The van der Waals surface area contributed by atoms with Gasteiger partial charge in [0, 0.05) is 19.7 Å². The van der Waals surface area contributed by atoms with Gasteiger partial charge in [0.25, 0.3) is 5.91 Å². The Hall–Kier alpha value is -1.64. The maximum Gasteiger partial charge on any atom is 0.257 e. The molecule has 1 atom stereocenters. The Morgan fingerprint density at radius 1 is 1.33 bits per heavy atom. The highest BCUT2D eigenvalue weighted by atomic mass is 32.2. The van der Waals surface area contributed by atoms with E-state index in [1.54, 1.807) is 6.07 Å². The van der Waals surface area contributed by atoms with Crippen molar-refractivity contribution in [2.45, 2.75) is 45.1 Å². The Morgan fingerprint density at radius 2 is 2.15 bits per heavy atom. The van der Waals surface area contributed by atoms with E-state index < -0.39 is 10.0 Å². The van der Waals surface area contributed by atoms with Crippen LogP contribution in [0, 0.1) is 0 Å². The second-order valence-corrected chi connectivity index (χ2v) is 8.95. The van der Waals surface area contributed by atoms with Gasteiger partial charge in [-0.15, -0.1) is 0 Å². The molecule has 1 aliphatic rings. The molecule has 1 aromatic carbocycles. The Kier molecular flexibility index (Phi) is 8.53. The van der Waals surface area contributed by atoms with Crippen LogP contribution in [0.4, 0.5) is 0 Å². The van der Waals surface area contributed by atoms with Crippen molar-refractivity contribution < 1.29 is 22.7 Å². The van der Waals surface area contributed by atoms with Crippen molar-refractivity contribution in [3.8, 4) is 5.75 Å². The lowest BCUT2D eigenvalue weighted by Crippen LogP contribution is -2.40. The fraction of sp³-hybridized carbons (Fsp3) is 0.632. The summed E-state index contributed by atoms with van der Waals surface area (Å²) in [5, 5.41) is 2.57. The molecule has 1 heterocycles. The molecule has 0 saturated carbocycles. The van der Waals surface area contributed by atoms with Gasteiger partial charge in [0.2, 0.25) is 10.0 Å². The molecule has 0 aliphatic carbocycles. The summed E-state index contributed by atoms with van der Waals surface area (Å²) in [5.41, 5.74) is 1.13. The Morgan fingerprint density at radius 3 is 2.85 bits per heavy atom. The Bertz CT molecular complexity index is 700. The number of benzene rings is 1. The molecule has 0 bridgehead atoms. The molecule has 1 unspecified atom stereocenters. The molecular formula is C19H30N2O5S. The first-order valence-corrected chi connectivity index (χ1v) is 11.1. The standard InChI is InChI=1S/C19H30N2O5S/c1-15(2)16-6-5-8-17(12-16)26-14-19(22)20-9-11-27(23,24)21-13-18-7-3-4-10-25-18/h5-6,8,12,15,18,21H,3-4,7,9-11,13-14H2,1-2H3,(H,20,22). The number of carbonyl (C=O) groups excluding carboxylic acids is 1. The summed E-state index contributed by atoms with van der Waals surface area (Å²) < 4.78 is 37.5.